The number of benzene rings is 1. The summed E-state index contributed by atoms with van der Waals surface area (Å²) in [6, 6.07) is 1.31. The van der Waals surface area contributed by atoms with Crippen LogP contribution in [0.5, 0.6) is 5.75 Å². The number of halogens is 4. The highest BCUT2D eigenvalue weighted by Gasteiger charge is 2.34. The second-order valence-electron chi connectivity index (χ2n) is 3.64. The van der Waals surface area contributed by atoms with Crippen LogP contribution in [-0.4, -0.2) is 11.1 Å². The van der Waals surface area contributed by atoms with Crippen molar-refractivity contribution in [2.45, 2.75) is 25.6 Å². The third-order valence-electron chi connectivity index (χ3n) is 2.02. The van der Waals surface area contributed by atoms with Crippen LogP contribution in [0.4, 0.5) is 13.2 Å². The molecule has 1 aromatic carbocycles. The Kier molecular flexibility index (Phi) is 3.70. The first-order valence-electron chi connectivity index (χ1n) is 4.56. The maximum absolute atomic E-state index is 12.6. The Morgan fingerprint density at radius 1 is 1.44 bits per heavy atom. The Hall–Kier alpha value is -0.940. The smallest absolute Gasteiger partial charge is 0.416 e. The lowest BCUT2D eigenvalue weighted by atomic mass is 10.0. The summed E-state index contributed by atoms with van der Waals surface area (Å²) < 4.78 is 37.8. The Morgan fingerprint density at radius 2 is 2.00 bits per heavy atom. The highest BCUT2D eigenvalue weighted by Crippen LogP contribution is 2.37. The summed E-state index contributed by atoms with van der Waals surface area (Å²) in [7, 11) is 0. The van der Waals surface area contributed by atoms with E-state index in [4.69, 9.17) is 22.4 Å². The second kappa shape index (κ2) is 4.51. The van der Waals surface area contributed by atoms with E-state index >= 15 is 0 Å². The fourth-order valence-corrected chi connectivity index (χ4v) is 1.57. The van der Waals surface area contributed by atoms with Crippen molar-refractivity contribution in [1.29, 1.82) is 0 Å². The van der Waals surface area contributed by atoms with Gasteiger partial charge in [-0.25, -0.2) is 0 Å². The molecule has 0 saturated carbocycles. The first-order chi connectivity index (χ1) is 7.21. The highest BCUT2D eigenvalue weighted by atomic mass is 35.5. The molecule has 90 valence electrons. The number of alkyl halides is 3. The first-order valence-corrected chi connectivity index (χ1v) is 4.93. The highest BCUT2D eigenvalue weighted by molar-refractivity contribution is 6.32. The van der Waals surface area contributed by atoms with Gasteiger partial charge in [0.05, 0.1) is 10.6 Å². The molecule has 2 nitrogen and oxygen atoms in total. The van der Waals surface area contributed by atoms with Crippen molar-refractivity contribution < 1.29 is 18.3 Å². The second-order valence-corrected chi connectivity index (χ2v) is 4.05. The van der Waals surface area contributed by atoms with Crippen LogP contribution in [0.3, 0.4) is 0 Å². The van der Waals surface area contributed by atoms with Crippen LogP contribution >= 0.6 is 11.6 Å². The predicted molar refractivity (Wildman–Crippen MR) is 55.5 cm³/mol. The number of hydrogen-bond acceptors (Lipinski definition) is 2. The van der Waals surface area contributed by atoms with E-state index in [0.717, 1.165) is 6.07 Å². The van der Waals surface area contributed by atoms with Gasteiger partial charge in [-0.1, -0.05) is 11.6 Å². The molecule has 0 aromatic heterocycles. The standard InChI is InChI=1S/C10H11ClF3NO/c1-5(15)2-6-3-8(11)9(16)4-7(6)10(12,13)14/h3-5,16H,2,15H2,1H3. The van der Waals surface area contributed by atoms with Crippen molar-refractivity contribution in [3.05, 3.63) is 28.3 Å². The fourth-order valence-electron chi connectivity index (χ4n) is 1.38. The van der Waals surface area contributed by atoms with Gasteiger partial charge in [0.1, 0.15) is 5.75 Å². The van der Waals surface area contributed by atoms with Crippen molar-refractivity contribution in [3.8, 4) is 5.75 Å². The van der Waals surface area contributed by atoms with E-state index in [1.807, 2.05) is 0 Å². The minimum Gasteiger partial charge on any atom is -0.506 e. The Balaban J connectivity index is 3.28. The minimum atomic E-state index is -4.52. The number of hydrogen-bond donors (Lipinski definition) is 2. The summed E-state index contributed by atoms with van der Waals surface area (Å²) >= 11 is 5.56. The van der Waals surface area contributed by atoms with E-state index in [1.165, 1.54) is 0 Å². The minimum absolute atomic E-state index is 0.00898. The van der Waals surface area contributed by atoms with Crippen LogP contribution in [-0.2, 0) is 12.6 Å². The lowest BCUT2D eigenvalue weighted by Crippen LogP contribution is -2.20. The van der Waals surface area contributed by atoms with E-state index in [9.17, 15) is 13.2 Å². The monoisotopic (exact) mass is 253 g/mol. The average molecular weight is 254 g/mol. The van der Waals surface area contributed by atoms with Gasteiger partial charge < -0.3 is 10.8 Å². The van der Waals surface area contributed by atoms with Gasteiger partial charge in [0.25, 0.3) is 0 Å². The molecule has 0 amide bonds. The molecule has 1 atom stereocenters. The van der Waals surface area contributed by atoms with Gasteiger partial charge in [-0.3, -0.25) is 0 Å². The molecular formula is C10H11ClF3NO. The molecular weight excluding hydrogens is 243 g/mol. The maximum Gasteiger partial charge on any atom is 0.416 e. The topological polar surface area (TPSA) is 46.2 Å². The zero-order valence-corrected chi connectivity index (χ0v) is 9.23. The molecule has 0 saturated heterocycles. The number of rotatable bonds is 2. The third kappa shape index (κ3) is 3.02. The van der Waals surface area contributed by atoms with Gasteiger partial charge in [0, 0.05) is 6.04 Å². The molecule has 6 heteroatoms. The van der Waals surface area contributed by atoms with E-state index < -0.39 is 23.5 Å². The summed E-state index contributed by atoms with van der Waals surface area (Å²) in [4.78, 5) is 0. The molecule has 0 bridgehead atoms. The Bertz CT molecular complexity index is 390. The molecule has 1 unspecified atom stereocenters. The van der Waals surface area contributed by atoms with E-state index in [2.05, 4.69) is 0 Å². The van der Waals surface area contributed by atoms with Crippen LogP contribution in [0.15, 0.2) is 12.1 Å². The van der Waals surface area contributed by atoms with Crippen LogP contribution in [0.2, 0.25) is 5.02 Å². The lowest BCUT2D eigenvalue weighted by Gasteiger charge is -2.15. The quantitative estimate of drug-likeness (QED) is 0.851. The van der Waals surface area contributed by atoms with Crippen molar-refractivity contribution >= 4 is 11.6 Å². The van der Waals surface area contributed by atoms with Crippen molar-refractivity contribution in [3.63, 3.8) is 0 Å². The maximum atomic E-state index is 12.6. The van der Waals surface area contributed by atoms with Gasteiger partial charge in [-0.05, 0) is 31.0 Å². The summed E-state index contributed by atoms with van der Waals surface area (Å²) in [6.45, 7) is 1.60. The van der Waals surface area contributed by atoms with E-state index in [1.54, 1.807) is 6.92 Å². The summed E-state index contributed by atoms with van der Waals surface area (Å²) in [5.74, 6) is -0.581. The summed E-state index contributed by atoms with van der Waals surface area (Å²) in [5, 5.41) is 9.05. The van der Waals surface area contributed by atoms with Gasteiger partial charge in [-0.2, -0.15) is 13.2 Å². The van der Waals surface area contributed by atoms with Crippen molar-refractivity contribution in [2.24, 2.45) is 5.73 Å². The third-order valence-corrected chi connectivity index (χ3v) is 2.32. The number of phenols is 1. The first kappa shape index (κ1) is 13.1. The van der Waals surface area contributed by atoms with Crippen LogP contribution < -0.4 is 5.73 Å². The van der Waals surface area contributed by atoms with Gasteiger partial charge in [-0.15, -0.1) is 0 Å². The molecule has 0 heterocycles. The number of nitrogens with two attached hydrogens (primary N) is 1. The Morgan fingerprint density at radius 3 is 2.44 bits per heavy atom. The van der Waals surface area contributed by atoms with Crippen LogP contribution in [0.1, 0.15) is 18.1 Å². The molecule has 1 aromatic rings. The molecule has 0 radical (unpaired) electrons. The van der Waals surface area contributed by atoms with Gasteiger partial charge >= 0.3 is 6.18 Å². The largest absolute Gasteiger partial charge is 0.506 e. The summed E-state index contributed by atoms with van der Waals surface area (Å²) in [5.41, 5.74) is 4.55. The predicted octanol–water partition coefficient (Wildman–Crippen LogP) is 2.95. The average Bonchev–Trinajstić information content (AvgIpc) is 2.08. The SMILES string of the molecule is CC(N)Cc1cc(Cl)c(O)cc1C(F)(F)F. The van der Waals surface area contributed by atoms with Crippen LogP contribution in [0.25, 0.3) is 0 Å². The fraction of sp³-hybridized carbons (Fsp3) is 0.400. The zero-order chi connectivity index (χ0) is 12.5. The van der Waals surface area contributed by atoms with E-state index in [0.29, 0.717) is 6.07 Å². The molecule has 1 rings (SSSR count). The Labute approximate surface area is 95.8 Å². The molecule has 0 spiro atoms. The molecule has 0 fully saturated rings. The van der Waals surface area contributed by atoms with Gasteiger partial charge in [0.2, 0.25) is 0 Å². The molecule has 0 aliphatic carbocycles. The van der Waals surface area contributed by atoms with Gasteiger partial charge in [0.15, 0.2) is 0 Å². The molecule has 3 N–H and O–H groups in total. The number of aromatic hydroxyl groups is 1. The lowest BCUT2D eigenvalue weighted by molar-refractivity contribution is -0.138. The molecule has 0 aliphatic rings. The molecule has 16 heavy (non-hydrogen) atoms. The van der Waals surface area contributed by atoms with Crippen molar-refractivity contribution in [2.75, 3.05) is 0 Å². The number of phenolic OH excluding ortho intramolecular Hbond substituents is 1. The molecule has 0 aliphatic heterocycles. The summed E-state index contributed by atoms with van der Waals surface area (Å²) in [6.07, 6.45) is -4.47. The normalized spacial score (nSPS) is 13.9. The zero-order valence-electron chi connectivity index (χ0n) is 8.48. The van der Waals surface area contributed by atoms with Crippen molar-refractivity contribution in [1.82, 2.24) is 0 Å². The van der Waals surface area contributed by atoms with Crippen LogP contribution in [0, 0.1) is 0 Å². The van der Waals surface area contributed by atoms with E-state index in [-0.39, 0.29) is 17.0 Å².